The van der Waals surface area contributed by atoms with Gasteiger partial charge in [0.2, 0.25) is 0 Å². The fourth-order valence-corrected chi connectivity index (χ4v) is 4.49. The summed E-state index contributed by atoms with van der Waals surface area (Å²) in [5.74, 6) is 0.534. The fourth-order valence-electron chi connectivity index (χ4n) is 4.49. The van der Waals surface area contributed by atoms with Crippen LogP contribution in [0.1, 0.15) is 41.3 Å². The first-order valence-corrected chi connectivity index (χ1v) is 11.4. The standard InChI is InChI=1S/C25H28N6O3/c1-15(2)17-5-3-16(4-6-17)12-31-23(7-8-27-31)28-20-9-19(32)10-22(33)24(20)25(34)30-13-18-11-26-29-21(18)14-30/h3-11,15,18,21,28-29,32-33H,12-14H2,1-2H3. The Morgan fingerprint density at radius 3 is 2.71 bits per heavy atom. The summed E-state index contributed by atoms with van der Waals surface area (Å²) in [6, 6.07) is 12.9. The Morgan fingerprint density at radius 2 is 1.97 bits per heavy atom. The van der Waals surface area contributed by atoms with E-state index in [4.69, 9.17) is 0 Å². The predicted octanol–water partition coefficient (Wildman–Crippen LogP) is 3.24. The lowest BCUT2D eigenvalue weighted by molar-refractivity contribution is 0.0785. The van der Waals surface area contributed by atoms with Crippen molar-refractivity contribution in [3.63, 3.8) is 0 Å². The lowest BCUT2D eigenvalue weighted by atomic mass is 10.0. The summed E-state index contributed by atoms with van der Waals surface area (Å²) < 4.78 is 1.78. The molecular weight excluding hydrogens is 432 g/mol. The Balaban J connectivity index is 1.39. The summed E-state index contributed by atoms with van der Waals surface area (Å²) in [5, 5.41) is 32.4. The molecule has 0 bridgehead atoms. The molecule has 9 heteroatoms. The van der Waals surface area contributed by atoms with E-state index in [9.17, 15) is 15.0 Å². The molecule has 0 radical (unpaired) electrons. The lowest BCUT2D eigenvalue weighted by Gasteiger charge is -2.21. The van der Waals surface area contributed by atoms with Crippen molar-refractivity contribution in [3.05, 3.63) is 65.4 Å². The molecule has 1 saturated heterocycles. The van der Waals surface area contributed by atoms with Gasteiger partial charge in [-0.3, -0.25) is 4.79 Å². The third-order valence-corrected chi connectivity index (χ3v) is 6.43. The van der Waals surface area contributed by atoms with Crippen molar-refractivity contribution >= 4 is 23.6 Å². The van der Waals surface area contributed by atoms with E-state index >= 15 is 0 Å². The molecule has 3 aromatic rings. The van der Waals surface area contributed by atoms with E-state index < -0.39 is 0 Å². The minimum Gasteiger partial charge on any atom is -0.508 e. The van der Waals surface area contributed by atoms with Crippen LogP contribution >= 0.6 is 0 Å². The largest absolute Gasteiger partial charge is 0.508 e. The average Bonchev–Trinajstić information content (AvgIpc) is 3.50. The van der Waals surface area contributed by atoms with Crippen LogP contribution in [0, 0.1) is 5.92 Å². The van der Waals surface area contributed by atoms with Crippen molar-refractivity contribution < 1.29 is 15.0 Å². The molecule has 1 fully saturated rings. The zero-order chi connectivity index (χ0) is 23.8. The summed E-state index contributed by atoms with van der Waals surface area (Å²) in [5.41, 5.74) is 5.81. The van der Waals surface area contributed by atoms with E-state index in [1.807, 2.05) is 6.21 Å². The number of nitrogens with one attached hydrogen (secondary N) is 2. The Kier molecular flexibility index (Phi) is 5.61. The third-order valence-electron chi connectivity index (χ3n) is 6.43. The number of hydrogen-bond donors (Lipinski definition) is 4. The highest BCUT2D eigenvalue weighted by Gasteiger charge is 2.38. The topological polar surface area (TPSA) is 115 Å². The SMILES string of the molecule is CC(C)c1ccc(Cn2nccc2Nc2cc(O)cc(O)c2C(=O)N2CC3C=NNC3C2)cc1. The summed E-state index contributed by atoms with van der Waals surface area (Å²) in [6.07, 6.45) is 3.49. The van der Waals surface area contributed by atoms with Crippen molar-refractivity contribution in [2.45, 2.75) is 32.4 Å². The monoisotopic (exact) mass is 460 g/mol. The van der Waals surface area contributed by atoms with Crippen molar-refractivity contribution in [3.8, 4) is 11.5 Å². The zero-order valence-electron chi connectivity index (χ0n) is 19.1. The van der Waals surface area contributed by atoms with E-state index in [1.165, 1.54) is 17.7 Å². The van der Waals surface area contributed by atoms with Gasteiger partial charge in [-0.25, -0.2) is 4.68 Å². The van der Waals surface area contributed by atoms with E-state index in [0.29, 0.717) is 37.1 Å². The molecule has 0 spiro atoms. The molecule has 34 heavy (non-hydrogen) atoms. The van der Waals surface area contributed by atoms with Crippen LogP contribution in [0.2, 0.25) is 0 Å². The van der Waals surface area contributed by atoms with Gasteiger partial charge in [-0.2, -0.15) is 10.2 Å². The number of nitrogens with zero attached hydrogens (tertiary/aromatic N) is 4. The van der Waals surface area contributed by atoms with Crippen LogP contribution in [0.5, 0.6) is 11.5 Å². The number of anilines is 2. The number of carbonyl (C=O) groups excluding carboxylic acids is 1. The summed E-state index contributed by atoms with van der Waals surface area (Å²) in [4.78, 5) is 15.1. The number of rotatable bonds is 6. The van der Waals surface area contributed by atoms with Gasteiger partial charge in [0, 0.05) is 43.4 Å². The molecule has 176 valence electrons. The van der Waals surface area contributed by atoms with Gasteiger partial charge in [-0.05, 0) is 17.0 Å². The molecule has 0 saturated carbocycles. The Hall–Kier alpha value is -4.01. The quantitative estimate of drug-likeness (QED) is 0.449. The lowest BCUT2D eigenvalue weighted by Crippen LogP contribution is -2.33. The van der Waals surface area contributed by atoms with Gasteiger partial charge in [-0.15, -0.1) is 0 Å². The number of benzene rings is 2. The van der Waals surface area contributed by atoms with Gasteiger partial charge in [0.25, 0.3) is 5.91 Å². The van der Waals surface area contributed by atoms with Gasteiger partial charge in [0.15, 0.2) is 0 Å². The van der Waals surface area contributed by atoms with Crippen LogP contribution in [-0.4, -0.2) is 56.1 Å². The van der Waals surface area contributed by atoms with Crippen LogP contribution in [0.15, 0.2) is 53.8 Å². The zero-order valence-corrected chi connectivity index (χ0v) is 19.1. The van der Waals surface area contributed by atoms with Crippen molar-refractivity contribution in [2.24, 2.45) is 11.0 Å². The number of aromatic nitrogens is 2. The molecule has 2 aliphatic rings. The number of hydrazone groups is 1. The first kappa shape index (κ1) is 21.8. The van der Waals surface area contributed by atoms with Crippen molar-refractivity contribution in [1.82, 2.24) is 20.1 Å². The first-order chi connectivity index (χ1) is 16.4. The fraction of sp³-hybridized carbons (Fsp3) is 0.320. The number of phenolic OH excluding ortho intramolecular Hbond substituents is 2. The molecule has 4 N–H and O–H groups in total. The minimum atomic E-state index is -0.306. The second kappa shape index (κ2) is 8.74. The maximum atomic E-state index is 13.4. The van der Waals surface area contributed by atoms with Gasteiger partial charge in [-0.1, -0.05) is 38.1 Å². The summed E-state index contributed by atoms with van der Waals surface area (Å²) >= 11 is 0. The molecule has 1 aromatic heterocycles. The highest BCUT2D eigenvalue weighted by molar-refractivity contribution is 6.03. The number of fused-ring (bicyclic) bond motifs is 1. The average molecular weight is 461 g/mol. The third kappa shape index (κ3) is 4.16. The molecule has 2 aliphatic heterocycles. The maximum Gasteiger partial charge on any atom is 0.259 e. The maximum absolute atomic E-state index is 13.4. The molecule has 2 aromatic carbocycles. The van der Waals surface area contributed by atoms with Crippen LogP contribution in [-0.2, 0) is 6.54 Å². The molecule has 2 unspecified atom stereocenters. The Morgan fingerprint density at radius 1 is 1.18 bits per heavy atom. The number of amides is 1. The Labute approximate surface area is 197 Å². The number of aromatic hydroxyl groups is 2. The van der Waals surface area contributed by atoms with E-state index in [0.717, 1.165) is 5.56 Å². The predicted molar refractivity (Wildman–Crippen MR) is 130 cm³/mol. The second-order valence-corrected chi connectivity index (χ2v) is 9.17. The normalized spacial score (nSPS) is 18.9. The molecule has 3 heterocycles. The smallest absolute Gasteiger partial charge is 0.259 e. The van der Waals surface area contributed by atoms with E-state index in [-0.39, 0.29) is 34.9 Å². The van der Waals surface area contributed by atoms with Gasteiger partial charge >= 0.3 is 0 Å². The van der Waals surface area contributed by atoms with Crippen LogP contribution < -0.4 is 10.7 Å². The number of carbonyl (C=O) groups is 1. The molecular formula is C25H28N6O3. The summed E-state index contributed by atoms with van der Waals surface area (Å²) in [6.45, 7) is 5.86. The van der Waals surface area contributed by atoms with Crippen LogP contribution in [0.25, 0.3) is 0 Å². The van der Waals surface area contributed by atoms with Crippen LogP contribution in [0.3, 0.4) is 0 Å². The van der Waals surface area contributed by atoms with E-state index in [1.54, 1.807) is 21.8 Å². The highest BCUT2D eigenvalue weighted by atomic mass is 16.3. The number of phenols is 2. The number of likely N-dealkylation sites (tertiary alicyclic amines) is 1. The summed E-state index contributed by atoms with van der Waals surface area (Å²) in [7, 11) is 0. The molecule has 1 amide bonds. The second-order valence-electron chi connectivity index (χ2n) is 9.17. The molecule has 0 aliphatic carbocycles. The highest BCUT2D eigenvalue weighted by Crippen LogP contribution is 2.35. The van der Waals surface area contributed by atoms with Crippen LogP contribution in [0.4, 0.5) is 11.5 Å². The van der Waals surface area contributed by atoms with Gasteiger partial charge < -0.3 is 25.9 Å². The Bertz CT molecular complexity index is 1230. The minimum absolute atomic E-state index is 0.0862. The molecule has 2 atom stereocenters. The first-order valence-electron chi connectivity index (χ1n) is 11.4. The van der Waals surface area contributed by atoms with Gasteiger partial charge in [0.1, 0.15) is 22.9 Å². The van der Waals surface area contributed by atoms with E-state index in [2.05, 4.69) is 59.1 Å². The van der Waals surface area contributed by atoms with Crippen molar-refractivity contribution in [1.29, 1.82) is 0 Å². The molecule has 9 nitrogen and oxygen atoms in total. The van der Waals surface area contributed by atoms with Gasteiger partial charge in [0.05, 0.1) is 24.5 Å². The van der Waals surface area contributed by atoms with Crippen molar-refractivity contribution in [2.75, 3.05) is 18.4 Å². The molecule has 5 rings (SSSR count). The number of hydrogen-bond acceptors (Lipinski definition) is 7.